The molecule has 0 aromatic rings. The summed E-state index contributed by atoms with van der Waals surface area (Å²) in [5.41, 5.74) is 0.289. The molecule has 1 heterocycles. The molecule has 0 radical (unpaired) electrons. The van der Waals surface area contributed by atoms with Crippen molar-refractivity contribution in [1.29, 1.82) is 0 Å². The summed E-state index contributed by atoms with van der Waals surface area (Å²) >= 11 is 0. The minimum absolute atomic E-state index is 0.0143. The summed E-state index contributed by atoms with van der Waals surface area (Å²) in [6, 6.07) is 0. The first-order chi connectivity index (χ1) is 8.77. The maximum absolute atomic E-state index is 12.6. The van der Waals surface area contributed by atoms with Crippen molar-refractivity contribution < 1.29 is 9.59 Å². The first-order valence-corrected chi connectivity index (χ1v) is 7.32. The van der Waals surface area contributed by atoms with Gasteiger partial charge in [-0.25, -0.2) is 0 Å². The lowest BCUT2D eigenvalue weighted by atomic mass is 9.75. The number of hydrogen-bond donors (Lipinski definition) is 0. The number of rotatable bonds is 3. The van der Waals surface area contributed by atoms with Crippen LogP contribution in [0.3, 0.4) is 0 Å². The van der Waals surface area contributed by atoms with Crippen LogP contribution in [0.2, 0.25) is 0 Å². The molecule has 3 nitrogen and oxygen atoms in total. The number of likely N-dealkylation sites (tertiary alicyclic amines) is 1. The van der Waals surface area contributed by atoms with Crippen molar-refractivity contribution in [3.05, 3.63) is 11.6 Å². The molecule has 1 saturated carbocycles. The molecule has 0 aromatic heterocycles. The van der Waals surface area contributed by atoms with Gasteiger partial charge in [-0.05, 0) is 38.5 Å². The molecular formula is C16H25NO2. The third-order valence-corrected chi connectivity index (χ3v) is 5.47. The predicted octanol–water partition coefficient (Wildman–Crippen LogP) is 3.30. The summed E-state index contributed by atoms with van der Waals surface area (Å²) in [5, 5.41) is 0. The Hall–Kier alpha value is -1.12. The monoisotopic (exact) mass is 263 g/mol. The molecule has 3 heteroatoms. The highest BCUT2D eigenvalue weighted by atomic mass is 16.2. The van der Waals surface area contributed by atoms with Crippen LogP contribution in [0.4, 0.5) is 0 Å². The molecule has 2 amide bonds. The molecule has 2 rings (SSSR count). The first-order valence-electron chi connectivity index (χ1n) is 7.32. The van der Waals surface area contributed by atoms with Crippen LogP contribution in [0.1, 0.15) is 60.3 Å². The molecule has 106 valence electrons. The largest absolute Gasteiger partial charge is 0.274 e. The maximum Gasteiger partial charge on any atom is 0.256 e. The van der Waals surface area contributed by atoms with E-state index in [4.69, 9.17) is 0 Å². The highest BCUT2D eigenvalue weighted by molar-refractivity contribution is 6.07. The van der Waals surface area contributed by atoms with E-state index in [0.717, 1.165) is 25.7 Å². The van der Waals surface area contributed by atoms with Crippen LogP contribution in [0.25, 0.3) is 0 Å². The Labute approximate surface area is 116 Å². The Morgan fingerprint density at radius 3 is 2.53 bits per heavy atom. The van der Waals surface area contributed by atoms with E-state index in [1.165, 1.54) is 0 Å². The lowest BCUT2D eigenvalue weighted by Gasteiger charge is -2.40. The lowest BCUT2D eigenvalue weighted by molar-refractivity contribution is -0.148. The summed E-state index contributed by atoms with van der Waals surface area (Å²) in [7, 11) is 0. The molecule has 2 fully saturated rings. The van der Waals surface area contributed by atoms with Gasteiger partial charge in [0.15, 0.2) is 0 Å². The number of fused-ring (bicyclic) bond motifs is 2. The second-order valence-corrected chi connectivity index (χ2v) is 6.74. The number of carbonyl (C=O) groups is 2. The second-order valence-electron chi connectivity index (χ2n) is 6.74. The van der Waals surface area contributed by atoms with E-state index in [1.807, 2.05) is 13.0 Å². The average Bonchev–Trinajstić information content (AvgIpc) is 2.65. The number of allylic oxidation sites excluding steroid dienone is 1. The van der Waals surface area contributed by atoms with Gasteiger partial charge in [0.25, 0.3) is 5.91 Å². The SMILES string of the molecule is CCC/C=C(\C)C(=O)N1C(=O)[C@H]2CC[C@]1(C)C2(C)C. The van der Waals surface area contributed by atoms with Crippen molar-refractivity contribution in [1.82, 2.24) is 4.90 Å². The number of imide groups is 1. The lowest BCUT2D eigenvalue weighted by Crippen LogP contribution is -2.52. The van der Waals surface area contributed by atoms with E-state index >= 15 is 0 Å². The molecule has 2 bridgehead atoms. The van der Waals surface area contributed by atoms with Crippen molar-refractivity contribution in [2.24, 2.45) is 11.3 Å². The number of nitrogens with zero attached hydrogens (tertiary/aromatic N) is 1. The normalized spacial score (nSPS) is 33.1. The van der Waals surface area contributed by atoms with Crippen molar-refractivity contribution in [3.8, 4) is 0 Å². The fourth-order valence-corrected chi connectivity index (χ4v) is 3.66. The molecule has 0 aromatic carbocycles. The van der Waals surface area contributed by atoms with Crippen molar-refractivity contribution in [2.75, 3.05) is 0 Å². The van der Waals surface area contributed by atoms with E-state index in [0.29, 0.717) is 5.57 Å². The molecule has 0 spiro atoms. The maximum atomic E-state index is 12.6. The summed E-state index contributed by atoms with van der Waals surface area (Å²) in [5.74, 6) is -0.0374. The molecule has 19 heavy (non-hydrogen) atoms. The predicted molar refractivity (Wildman–Crippen MR) is 75.4 cm³/mol. The summed E-state index contributed by atoms with van der Waals surface area (Å²) < 4.78 is 0. The number of piperidine rings is 1. The van der Waals surface area contributed by atoms with Crippen LogP contribution in [0.15, 0.2) is 11.6 Å². The van der Waals surface area contributed by atoms with Crippen LogP contribution in [-0.4, -0.2) is 22.3 Å². The third kappa shape index (κ3) is 1.78. The van der Waals surface area contributed by atoms with Gasteiger partial charge in [0.2, 0.25) is 5.91 Å². The van der Waals surface area contributed by atoms with Gasteiger partial charge >= 0.3 is 0 Å². The molecule has 1 aliphatic carbocycles. The summed E-state index contributed by atoms with van der Waals surface area (Å²) in [6.07, 6.45) is 5.72. The topological polar surface area (TPSA) is 37.4 Å². The van der Waals surface area contributed by atoms with Crippen LogP contribution in [-0.2, 0) is 9.59 Å². The van der Waals surface area contributed by atoms with E-state index < -0.39 is 0 Å². The Kier molecular flexibility index (Phi) is 3.36. The number of amides is 2. The molecular weight excluding hydrogens is 238 g/mol. The average molecular weight is 263 g/mol. The van der Waals surface area contributed by atoms with Gasteiger partial charge in [-0.15, -0.1) is 0 Å². The van der Waals surface area contributed by atoms with Crippen molar-refractivity contribution >= 4 is 11.8 Å². The Morgan fingerprint density at radius 2 is 2.05 bits per heavy atom. The van der Waals surface area contributed by atoms with E-state index in [9.17, 15) is 9.59 Å². The highest BCUT2D eigenvalue weighted by Crippen LogP contribution is 2.59. The van der Waals surface area contributed by atoms with Gasteiger partial charge in [0, 0.05) is 11.5 Å². The number of unbranched alkanes of at least 4 members (excludes halogenated alkanes) is 1. The Bertz CT molecular complexity index is 450. The van der Waals surface area contributed by atoms with Gasteiger partial charge in [-0.2, -0.15) is 0 Å². The zero-order chi connectivity index (χ0) is 14.4. The molecule has 0 unspecified atom stereocenters. The molecule has 2 aliphatic rings. The number of hydrogen-bond acceptors (Lipinski definition) is 2. The number of carbonyl (C=O) groups excluding carboxylic acids is 2. The smallest absolute Gasteiger partial charge is 0.256 e. The van der Waals surface area contributed by atoms with Gasteiger partial charge in [-0.1, -0.05) is 33.3 Å². The summed E-state index contributed by atoms with van der Waals surface area (Å²) in [4.78, 5) is 26.6. The minimum Gasteiger partial charge on any atom is -0.274 e. The first kappa shape index (κ1) is 14.3. The Balaban J connectivity index is 2.32. The highest BCUT2D eigenvalue weighted by Gasteiger charge is 2.66. The van der Waals surface area contributed by atoms with Crippen LogP contribution in [0, 0.1) is 11.3 Å². The second kappa shape index (κ2) is 4.46. The quantitative estimate of drug-likeness (QED) is 0.733. The van der Waals surface area contributed by atoms with Gasteiger partial charge < -0.3 is 0 Å². The fourth-order valence-electron chi connectivity index (χ4n) is 3.66. The molecule has 2 atom stereocenters. The van der Waals surface area contributed by atoms with Crippen LogP contribution >= 0.6 is 0 Å². The molecule has 1 saturated heterocycles. The minimum atomic E-state index is -0.312. The van der Waals surface area contributed by atoms with Gasteiger partial charge in [0.1, 0.15) is 0 Å². The van der Waals surface area contributed by atoms with Crippen LogP contribution < -0.4 is 0 Å². The van der Waals surface area contributed by atoms with Crippen molar-refractivity contribution in [3.63, 3.8) is 0 Å². The third-order valence-electron chi connectivity index (χ3n) is 5.47. The van der Waals surface area contributed by atoms with Gasteiger partial charge in [-0.3, -0.25) is 14.5 Å². The Morgan fingerprint density at radius 1 is 1.42 bits per heavy atom. The van der Waals surface area contributed by atoms with E-state index in [-0.39, 0.29) is 28.7 Å². The zero-order valence-corrected chi connectivity index (χ0v) is 12.7. The molecule has 1 aliphatic heterocycles. The standard InChI is InChI=1S/C16H25NO2/c1-6-7-8-11(2)13(18)17-14(19)12-9-10-16(17,5)15(12,3)4/h8,12H,6-7,9-10H2,1-5H3/b11-8+/t12-,16-/m1/s1. The van der Waals surface area contributed by atoms with Crippen LogP contribution in [0.5, 0.6) is 0 Å². The van der Waals surface area contributed by atoms with Crippen molar-refractivity contribution in [2.45, 2.75) is 65.8 Å². The summed E-state index contributed by atoms with van der Waals surface area (Å²) in [6.45, 7) is 10.2. The fraction of sp³-hybridized carbons (Fsp3) is 0.750. The zero-order valence-electron chi connectivity index (χ0n) is 12.7. The molecule has 0 N–H and O–H groups in total. The van der Waals surface area contributed by atoms with E-state index in [2.05, 4.69) is 27.7 Å². The van der Waals surface area contributed by atoms with E-state index in [1.54, 1.807) is 4.90 Å². The van der Waals surface area contributed by atoms with Gasteiger partial charge in [0.05, 0.1) is 5.54 Å².